The van der Waals surface area contributed by atoms with Crippen molar-refractivity contribution < 1.29 is 14.5 Å². The van der Waals surface area contributed by atoms with E-state index in [-0.39, 0.29) is 18.2 Å². The Kier molecular flexibility index (Phi) is 6.46. The maximum atomic E-state index is 12.3. The zero-order valence-corrected chi connectivity index (χ0v) is 16.4. The molecule has 9 heteroatoms. The van der Waals surface area contributed by atoms with E-state index in [0.29, 0.717) is 35.0 Å². The van der Waals surface area contributed by atoms with Gasteiger partial charge in [-0.15, -0.1) is 0 Å². The summed E-state index contributed by atoms with van der Waals surface area (Å²) in [5.41, 5.74) is 1.91. The number of amides is 1. The number of nitro benzene ring substituents is 1. The van der Waals surface area contributed by atoms with Crippen LogP contribution in [-0.2, 0) is 13.2 Å². The largest absolute Gasteiger partial charge is 0.489 e. The molecule has 0 spiro atoms. The molecule has 0 atom stereocenters. The second-order valence-electron chi connectivity index (χ2n) is 6.37. The molecule has 1 amide bonds. The second-order valence-corrected chi connectivity index (χ2v) is 6.81. The minimum Gasteiger partial charge on any atom is -0.489 e. The molecule has 1 aromatic heterocycles. The van der Waals surface area contributed by atoms with E-state index in [0.717, 1.165) is 5.56 Å². The maximum absolute atomic E-state index is 12.3. The predicted octanol–water partition coefficient (Wildman–Crippen LogP) is 3.76. The van der Waals surface area contributed by atoms with Crippen LogP contribution in [0.2, 0.25) is 5.02 Å². The van der Waals surface area contributed by atoms with Gasteiger partial charge in [0.15, 0.2) is 0 Å². The number of aryl methyl sites for hydroxylation is 1. The molecule has 0 saturated carbocycles. The van der Waals surface area contributed by atoms with Crippen LogP contribution in [-0.4, -0.2) is 27.2 Å². The van der Waals surface area contributed by atoms with Crippen molar-refractivity contribution in [2.45, 2.75) is 20.1 Å². The standard InChI is InChI=1S/C20H19ClN4O4/c1-14-9-18(5-6-19(14)25(27)28)29-13-15-3-2-4-16(10-15)20(26)22-7-8-24-12-17(21)11-23-24/h2-6,9-12H,7-8,13H2,1H3,(H,22,26). The van der Waals surface area contributed by atoms with Crippen LogP contribution in [0.1, 0.15) is 21.5 Å². The topological polar surface area (TPSA) is 99.3 Å². The Morgan fingerprint density at radius 3 is 2.83 bits per heavy atom. The average Bonchev–Trinajstić information content (AvgIpc) is 3.11. The van der Waals surface area contributed by atoms with Crippen molar-refractivity contribution in [3.05, 3.63) is 86.7 Å². The van der Waals surface area contributed by atoms with Crippen molar-refractivity contribution in [3.8, 4) is 5.75 Å². The minimum atomic E-state index is -0.428. The van der Waals surface area contributed by atoms with Gasteiger partial charge in [0.2, 0.25) is 0 Å². The van der Waals surface area contributed by atoms with Gasteiger partial charge in [-0.1, -0.05) is 23.7 Å². The van der Waals surface area contributed by atoms with Crippen LogP contribution in [0.25, 0.3) is 0 Å². The lowest BCUT2D eigenvalue weighted by Crippen LogP contribution is -2.27. The lowest BCUT2D eigenvalue weighted by molar-refractivity contribution is -0.385. The van der Waals surface area contributed by atoms with Crippen LogP contribution in [0.3, 0.4) is 0 Å². The molecule has 0 unspecified atom stereocenters. The normalized spacial score (nSPS) is 10.6. The molecule has 0 fully saturated rings. The highest BCUT2D eigenvalue weighted by Gasteiger charge is 2.11. The summed E-state index contributed by atoms with van der Waals surface area (Å²) in [5, 5.41) is 18.3. The summed E-state index contributed by atoms with van der Waals surface area (Å²) in [6.07, 6.45) is 3.23. The molecule has 29 heavy (non-hydrogen) atoms. The number of rotatable bonds is 8. The van der Waals surface area contributed by atoms with Crippen molar-refractivity contribution in [2.24, 2.45) is 0 Å². The first-order valence-electron chi connectivity index (χ1n) is 8.85. The van der Waals surface area contributed by atoms with Gasteiger partial charge in [-0.2, -0.15) is 5.10 Å². The SMILES string of the molecule is Cc1cc(OCc2cccc(C(=O)NCCn3cc(Cl)cn3)c2)ccc1[N+](=O)[O-]. The van der Waals surface area contributed by atoms with E-state index in [1.165, 1.54) is 6.07 Å². The molecule has 2 aromatic carbocycles. The van der Waals surface area contributed by atoms with Gasteiger partial charge < -0.3 is 10.1 Å². The highest BCUT2D eigenvalue weighted by atomic mass is 35.5. The minimum absolute atomic E-state index is 0.0494. The first-order chi connectivity index (χ1) is 13.9. The van der Waals surface area contributed by atoms with E-state index in [2.05, 4.69) is 10.4 Å². The van der Waals surface area contributed by atoms with Gasteiger partial charge in [0.1, 0.15) is 12.4 Å². The third-order valence-electron chi connectivity index (χ3n) is 4.19. The molecule has 8 nitrogen and oxygen atoms in total. The van der Waals surface area contributed by atoms with Gasteiger partial charge in [0, 0.05) is 29.9 Å². The van der Waals surface area contributed by atoms with Crippen LogP contribution >= 0.6 is 11.6 Å². The Morgan fingerprint density at radius 1 is 1.31 bits per heavy atom. The summed E-state index contributed by atoms with van der Waals surface area (Å²) < 4.78 is 7.36. The molecule has 0 aliphatic rings. The molecule has 0 aliphatic carbocycles. The number of nitrogens with zero attached hydrogens (tertiary/aromatic N) is 3. The van der Waals surface area contributed by atoms with Crippen molar-refractivity contribution in [1.29, 1.82) is 0 Å². The lowest BCUT2D eigenvalue weighted by atomic mass is 10.1. The number of carbonyl (C=O) groups is 1. The van der Waals surface area contributed by atoms with Gasteiger partial charge in [0.05, 0.1) is 22.7 Å². The molecule has 150 valence electrons. The quantitative estimate of drug-likeness (QED) is 0.447. The molecule has 0 radical (unpaired) electrons. The third kappa shape index (κ3) is 5.55. The highest BCUT2D eigenvalue weighted by molar-refractivity contribution is 6.30. The fourth-order valence-electron chi connectivity index (χ4n) is 2.74. The van der Waals surface area contributed by atoms with Crippen LogP contribution < -0.4 is 10.1 Å². The van der Waals surface area contributed by atoms with Crippen molar-refractivity contribution >= 4 is 23.2 Å². The van der Waals surface area contributed by atoms with Gasteiger partial charge in [-0.25, -0.2) is 0 Å². The van der Waals surface area contributed by atoms with E-state index in [1.807, 2.05) is 6.07 Å². The Morgan fingerprint density at radius 2 is 2.14 bits per heavy atom. The molecule has 1 heterocycles. The number of benzene rings is 2. The zero-order chi connectivity index (χ0) is 20.8. The predicted molar refractivity (Wildman–Crippen MR) is 108 cm³/mol. The van der Waals surface area contributed by atoms with E-state index in [1.54, 1.807) is 54.3 Å². The molecule has 3 rings (SSSR count). The van der Waals surface area contributed by atoms with Crippen LogP contribution in [0.4, 0.5) is 5.69 Å². The number of ether oxygens (including phenoxy) is 1. The average molecular weight is 415 g/mol. The Hall–Kier alpha value is -3.39. The second kappa shape index (κ2) is 9.20. The van der Waals surface area contributed by atoms with Gasteiger partial charge in [-0.3, -0.25) is 19.6 Å². The maximum Gasteiger partial charge on any atom is 0.272 e. The molecule has 0 bridgehead atoms. The summed E-state index contributed by atoms with van der Waals surface area (Å²) in [7, 11) is 0. The molecule has 0 saturated heterocycles. The van der Waals surface area contributed by atoms with Gasteiger partial charge >= 0.3 is 0 Å². The smallest absolute Gasteiger partial charge is 0.272 e. The number of halogens is 1. The van der Waals surface area contributed by atoms with E-state index in [4.69, 9.17) is 16.3 Å². The third-order valence-corrected chi connectivity index (χ3v) is 4.38. The summed E-state index contributed by atoms with van der Waals surface area (Å²) in [6, 6.07) is 11.7. The van der Waals surface area contributed by atoms with E-state index < -0.39 is 4.92 Å². The molecule has 3 aromatic rings. The number of nitro groups is 1. The number of hydrogen-bond donors (Lipinski definition) is 1. The van der Waals surface area contributed by atoms with Crippen molar-refractivity contribution in [3.63, 3.8) is 0 Å². The molecular formula is C20H19ClN4O4. The van der Waals surface area contributed by atoms with Crippen LogP contribution in [0, 0.1) is 17.0 Å². The lowest BCUT2D eigenvalue weighted by Gasteiger charge is -2.09. The summed E-state index contributed by atoms with van der Waals surface area (Å²) >= 11 is 5.81. The summed E-state index contributed by atoms with van der Waals surface area (Å²) in [5.74, 6) is 0.331. The monoisotopic (exact) mass is 414 g/mol. The number of aromatic nitrogens is 2. The van der Waals surface area contributed by atoms with E-state index in [9.17, 15) is 14.9 Å². The highest BCUT2D eigenvalue weighted by Crippen LogP contribution is 2.23. The van der Waals surface area contributed by atoms with Gasteiger partial charge in [0.25, 0.3) is 11.6 Å². The summed E-state index contributed by atoms with van der Waals surface area (Å²) in [6.45, 7) is 2.83. The Bertz CT molecular complexity index is 1030. The Labute approximate surface area is 172 Å². The summed E-state index contributed by atoms with van der Waals surface area (Å²) in [4.78, 5) is 22.8. The molecular weight excluding hydrogens is 396 g/mol. The first-order valence-corrected chi connectivity index (χ1v) is 9.23. The van der Waals surface area contributed by atoms with Crippen LogP contribution in [0.15, 0.2) is 54.9 Å². The van der Waals surface area contributed by atoms with Gasteiger partial charge in [-0.05, 0) is 36.8 Å². The Balaban J connectivity index is 1.55. The number of nitrogens with one attached hydrogen (secondary N) is 1. The van der Waals surface area contributed by atoms with E-state index >= 15 is 0 Å². The van der Waals surface area contributed by atoms with Crippen molar-refractivity contribution in [2.75, 3.05) is 6.54 Å². The molecule has 1 N–H and O–H groups in total. The number of carbonyl (C=O) groups excluding carboxylic acids is 1. The molecule has 0 aliphatic heterocycles. The fraction of sp³-hybridized carbons (Fsp3) is 0.200. The number of hydrogen-bond acceptors (Lipinski definition) is 5. The fourth-order valence-corrected chi connectivity index (χ4v) is 2.89. The zero-order valence-electron chi connectivity index (χ0n) is 15.7. The first kappa shape index (κ1) is 20.3. The van der Waals surface area contributed by atoms with Crippen LogP contribution in [0.5, 0.6) is 5.75 Å². The van der Waals surface area contributed by atoms with Crippen molar-refractivity contribution in [1.82, 2.24) is 15.1 Å².